The number of piperidine rings is 1. The molecule has 4 nitrogen and oxygen atoms in total. The zero-order valence-electron chi connectivity index (χ0n) is 20.5. The summed E-state index contributed by atoms with van der Waals surface area (Å²) in [6.07, 6.45) is 4.35. The minimum atomic E-state index is -0.0206. The van der Waals surface area contributed by atoms with Crippen molar-refractivity contribution in [2.75, 3.05) is 26.7 Å². The van der Waals surface area contributed by atoms with Crippen molar-refractivity contribution in [1.29, 1.82) is 0 Å². The zero-order valence-corrected chi connectivity index (χ0v) is 22.0. The number of nitrogens with one attached hydrogen (secondary N) is 1. The quantitative estimate of drug-likeness (QED) is 0.476. The third kappa shape index (κ3) is 5.56. The van der Waals surface area contributed by atoms with Gasteiger partial charge in [0, 0.05) is 29.7 Å². The number of hydrogen-bond acceptors (Lipinski definition) is 2. The molecule has 34 heavy (non-hydrogen) atoms. The average molecular weight is 505 g/mol. The van der Waals surface area contributed by atoms with E-state index in [0.717, 1.165) is 48.8 Å². The summed E-state index contributed by atoms with van der Waals surface area (Å²) in [6.45, 7) is 8.07. The van der Waals surface area contributed by atoms with Crippen LogP contribution >= 0.6 is 23.2 Å². The molecular formula is C28H37Cl2N2O2+. The lowest BCUT2D eigenvalue weighted by Crippen LogP contribution is -2.62. The van der Waals surface area contributed by atoms with E-state index in [1.165, 1.54) is 12.1 Å². The Morgan fingerprint density at radius 2 is 1.97 bits per heavy atom. The van der Waals surface area contributed by atoms with Gasteiger partial charge in [-0.2, -0.15) is 0 Å². The second-order valence-electron chi connectivity index (χ2n) is 11.2. The van der Waals surface area contributed by atoms with Crippen molar-refractivity contribution in [3.8, 4) is 5.75 Å². The van der Waals surface area contributed by atoms with Crippen LogP contribution in [-0.2, 0) is 16.6 Å². The second-order valence-corrected chi connectivity index (χ2v) is 12.0. The Morgan fingerprint density at radius 1 is 1.18 bits per heavy atom. The van der Waals surface area contributed by atoms with Crippen LogP contribution in [0.1, 0.15) is 50.7 Å². The molecule has 1 unspecified atom stereocenters. The Balaban J connectivity index is 1.53. The van der Waals surface area contributed by atoms with Crippen molar-refractivity contribution in [2.24, 2.45) is 11.8 Å². The van der Waals surface area contributed by atoms with Crippen LogP contribution in [0.15, 0.2) is 42.5 Å². The number of benzene rings is 2. The number of phenolic OH excluding ortho intramolecular Hbond substituents is 1. The molecule has 0 aromatic heterocycles. The number of rotatable bonds is 6. The Kier molecular flexibility index (Phi) is 7.52. The molecule has 4 rings (SSSR count). The third-order valence-electron chi connectivity index (χ3n) is 7.96. The van der Waals surface area contributed by atoms with E-state index in [2.05, 4.69) is 32.3 Å². The molecule has 184 valence electrons. The fourth-order valence-corrected chi connectivity index (χ4v) is 6.97. The minimum absolute atomic E-state index is 0.0177. The first-order chi connectivity index (χ1) is 16.1. The lowest BCUT2D eigenvalue weighted by atomic mass is 9.57. The molecule has 1 heterocycles. The van der Waals surface area contributed by atoms with Crippen molar-refractivity contribution >= 4 is 29.1 Å². The van der Waals surface area contributed by atoms with Gasteiger partial charge in [0.15, 0.2) is 0 Å². The van der Waals surface area contributed by atoms with Crippen LogP contribution in [0, 0.1) is 11.8 Å². The predicted molar refractivity (Wildman–Crippen MR) is 139 cm³/mol. The van der Waals surface area contributed by atoms with Gasteiger partial charge in [-0.3, -0.25) is 4.79 Å². The van der Waals surface area contributed by atoms with Crippen LogP contribution in [0.5, 0.6) is 5.75 Å². The topological polar surface area (TPSA) is 49.3 Å². The van der Waals surface area contributed by atoms with Gasteiger partial charge in [0.05, 0.1) is 43.1 Å². The third-order valence-corrected chi connectivity index (χ3v) is 8.69. The Hall–Kier alpha value is -1.75. The highest BCUT2D eigenvalue weighted by Crippen LogP contribution is 2.50. The van der Waals surface area contributed by atoms with Crippen LogP contribution in [0.3, 0.4) is 0 Å². The Bertz CT molecular complexity index is 1040. The van der Waals surface area contributed by atoms with Crippen molar-refractivity contribution in [3.05, 3.63) is 63.6 Å². The molecule has 0 radical (unpaired) electrons. The summed E-state index contributed by atoms with van der Waals surface area (Å²) in [5.74, 6) is 1.54. The molecule has 0 bridgehead atoms. The standard InChI is InChI=1S/C28H36Cl2N2O2/c1-19(2)17-32(3)12-11-28(21-5-4-6-24(33)15-21)16-23(9-8-22(28)18-32)31-27(34)14-20-7-10-25(29)26(30)13-20/h4-7,10,13,15,19,22-23H,8-9,11-12,14,16-18H2,1-3H3,(H-,31,33,34)/p+1/t22?,23-,28+,32-/m0/s1. The van der Waals surface area contributed by atoms with Crippen molar-refractivity contribution in [2.45, 2.75) is 57.4 Å². The fourth-order valence-electron chi connectivity index (χ4n) is 6.65. The molecular weight excluding hydrogens is 467 g/mol. The van der Waals surface area contributed by atoms with Crippen molar-refractivity contribution in [3.63, 3.8) is 0 Å². The highest BCUT2D eigenvalue weighted by atomic mass is 35.5. The first-order valence-electron chi connectivity index (χ1n) is 12.4. The molecule has 2 aromatic carbocycles. The van der Waals surface area contributed by atoms with Gasteiger partial charge < -0.3 is 14.9 Å². The van der Waals surface area contributed by atoms with Crippen LogP contribution in [-0.4, -0.2) is 48.2 Å². The fraction of sp³-hybridized carbons (Fsp3) is 0.536. The van der Waals surface area contributed by atoms with Crippen LogP contribution < -0.4 is 5.32 Å². The number of hydrogen-bond donors (Lipinski definition) is 2. The monoisotopic (exact) mass is 503 g/mol. The van der Waals surface area contributed by atoms with Gasteiger partial charge in [-0.05, 0) is 54.7 Å². The maximum atomic E-state index is 12.9. The summed E-state index contributed by atoms with van der Waals surface area (Å²) < 4.78 is 1.11. The number of amides is 1. The summed E-state index contributed by atoms with van der Waals surface area (Å²) >= 11 is 12.2. The lowest BCUT2D eigenvalue weighted by molar-refractivity contribution is -0.922. The summed E-state index contributed by atoms with van der Waals surface area (Å²) in [5.41, 5.74) is 2.06. The molecule has 2 N–H and O–H groups in total. The number of aromatic hydroxyl groups is 1. The molecule has 6 heteroatoms. The largest absolute Gasteiger partial charge is 0.508 e. The van der Waals surface area contributed by atoms with Crippen LogP contribution in [0.25, 0.3) is 0 Å². The van der Waals surface area contributed by atoms with E-state index in [4.69, 9.17) is 23.2 Å². The molecule has 2 aliphatic rings. The Morgan fingerprint density at radius 3 is 2.68 bits per heavy atom. The molecule has 0 spiro atoms. The molecule has 2 aromatic rings. The first kappa shape index (κ1) is 25.3. The number of halogens is 2. The normalized spacial score (nSPS) is 29.0. The number of fused-ring (bicyclic) bond motifs is 1. The van der Waals surface area contributed by atoms with Gasteiger partial charge in [-0.1, -0.05) is 55.2 Å². The molecule has 4 atom stereocenters. The van der Waals surface area contributed by atoms with Gasteiger partial charge in [-0.15, -0.1) is 0 Å². The smallest absolute Gasteiger partial charge is 0.224 e. The lowest BCUT2D eigenvalue weighted by Gasteiger charge is -2.55. The van der Waals surface area contributed by atoms with Gasteiger partial charge in [-0.25, -0.2) is 0 Å². The number of nitrogens with zero attached hydrogens (tertiary/aromatic N) is 1. The second kappa shape index (κ2) is 10.1. The van der Waals surface area contributed by atoms with Crippen molar-refractivity contribution < 1.29 is 14.4 Å². The molecule has 1 aliphatic carbocycles. The number of phenols is 1. The highest BCUT2D eigenvalue weighted by molar-refractivity contribution is 6.42. The van der Waals surface area contributed by atoms with Crippen LogP contribution in [0.4, 0.5) is 0 Å². The first-order valence-corrected chi connectivity index (χ1v) is 13.2. The van der Waals surface area contributed by atoms with E-state index in [1.54, 1.807) is 18.2 Å². The average Bonchev–Trinajstić information content (AvgIpc) is 2.76. The van der Waals surface area contributed by atoms with E-state index >= 15 is 0 Å². The maximum Gasteiger partial charge on any atom is 0.224 e. The van der Waals surface area contributed by atoms with Crippen molar-refractivity contribution in [1.82, 2.24) is 5.32 Å². The summed E-state index contributed by atoms with van der Waals surface area (Å²) in [7, 11) is 2.40. The Labute approximate surface area is 213 Å². The summed E-state index contributed by atoms with van der Waals surface area (Å²) in [5, 5.41) is 14.6. The molecule has 1 amide bonds. The zero-order chi connectivity index (χ0) is 24.5. The number of quaternary nitrogens is 1. The predicted octanol–water partition coefficient (Wildman–Crippen LogP) is 5.97. The maximum absolute atomic E-state index is 12.9. The molecule has 1 aliphatic heterocycles. The van der Waals surface area contributed by atoms with E-state index in [1.807, 2.05) is 18.2 Å². The van der Waals surface area contributed by atoms with E-state index in [9.17, 15) is 9.90 Å². The number of carbonyl (C=O) groups is 1. The van der Waals surface area contributed by atoms with E-state index in [0.29, 0.717) is 34.1 Å². The van der Waals surface area contributed by atoms with Gasteiger partial charge >= 0.3 is 0 Å². The van der Waals surface area contributed by atoms with Gasteiger partial charge in [0.2, 0.25) is 5.91 Å². The van der Waals surface area contributed by atoms with Gasteiger partial charge in [0.1, 0.15) is 5.75 Å². The molecule has 1 saturated carbocycles. The number of carbonyl (C=O) groups excluding carboxylic acids is 1. The molecule has 1 saturated heterocycles. The van der Waals surface area contributed by atoms with Crippen LogP contribution in [0.2, 0.25) is 10.0 Å². The minimum Gasteiger partial charge on any atom is -0.508 e. The SMILES string of the molecule is CC(C)C[N@+]1(C)CC[C@]2(c3cccc(O)c3)C[C@@H](NC(=O)Cc3ccc(Cl)c(Cl)c3)CCC2C1. The van der Waals surface area contributed by atoms with E-state index < -0.39 is 0 Å². The van der Waals surface area contributed by atoms with Gasteiger partial charge in [0.25, 0.3) is 0 Å². The number of likely N-dealkylation sites (tertiary alicyclic amines) is 1. The molecule has 2 fully saturated rings. The van der Waals surface area contributed by atoms with E-state index in [-0.39, 0.29) is 17.4 Å². The summed E-state index contributed by atoms with van der Waals surface area (Å²) in [6, 6.07) is 13.3. The summed E-state index contributed by atoms with van der Waals surface area (Å²) in [4.78, 5) is 12.9. The highest BCUT2D eigenvalue weighted by Gasteiger charge is 2.52.